The predicted molar refractivity (Wildman–Crippen MR) is 127 cm³/mol. The van der Waals surface area contributed by atoms with E-state index < -0.39 is 32.6 Å². The lowest BCUT2D eigenvalue weighted by atomic mass is 10.2. The molecule has 2 aromatic rings. The van der Waals surface area contributed by atoms with Gasteiger partial charge in [-0.3, -0.25) is 8.74 Å². The van der Waals surface area contributed by atoms with Gasteiger partial charge in [-0.05, 0) is 49.4 Å². The summed E-state index contributed by atoms with van der Waals surface area (Å²) < 4.78 is 67.2. The van der Waals surface area contributed by atoms with Gasteiger partial charge < -0.3 is 10.6 Å². The maximum Gasteiger partial charge on any atom is 0.397 e. The van der Waals surface area contributed by atoms with Crippen molar-refractivity contribution in [2.75, 3.05) is 42.7 Å². The SMILES string of the molecule is CCN(CCOSOOO)c1ccc(N=Nc2ccc(S(=O)(=O)CCOS(=O)(=O)O)cc2)c(N)c1. The van der Waals surface area contributed by atoms with Crippen molar-refractivity contribution in [3.05, 3.63) is 42.5 Å². The highest BCUT2D eigenvalue weighted by molar-refractivity contribution is 7.91. The Morgan fingerprint density at radius 1 is 1.06 bits per heavy atom. The number of nitrogens with two attached hydrogens (primary N) is 1. The van der Waals surface area contributed by atoms with Crippen LogP contribution in [0.5, 0.6) is 0 Å². The van der Waals surface area contributed by atoms with Gasteiger partial charge >= 0.3 is 10.4 Å². The summed E-state index contributed by atoms with van der Waals surface area (Å²) in [6.07, 6.45) is 0. The molecule has 0 bridgehead atoms. The summed E-state index contributed by atoms with van der Waals surface area (Å²) in [5, 5.41) is 19.6. The summed E-state index contributed by atoms with van der Waals surface area (Å²) in [4.78, 5) is 1.91. The summed E-state index contributed by atoms with van der Waals surface area (Å²) in [6.45, 7) is 2.70. The second-order valence-electron chi connectivity index (χ2n) is 6.62. The summed E-state index contributed by atoms with van der Waals surface area (Å²) in [7, 11) is -8.55. The van der Waals surface area contributed by atoms with Crippen LogP contribution in [-0.4, -0.2) is 58.7 Å². The molecule has 2 aromatic carbocycles. The monoisotopic (exact) mass is 552 g/mol. The van der Waals surface area contributed by atoms with E-state index in [1.807, 2.05) is 11.8 Å². The van der Waals surface area contributed by atoms with E-state index >= 15 is 0 Å². The van der Waals surface area contributed by atoms with E-state index in [-0.39, 0.29) is 11.5 Å². The molecule has 0 fully saturated rings. The predicted octanol–water partition coefficient (Wildman–Crippen LogP) is 3.10. The van der Waals surface area contributed by atoms with Crippen LogP contribution in [0.2, 0.25) is 0 Å². The van der Waals surface area contributed by atoms with Gasteiger partial charge in [0.15, 0.2) is 22.2 Å². The van der Waals surface area contributed by atoms with E-state index in [1.54, 1.807) is 18.2 Å². The fraction of sp³-hybridized carbons (Fsp3) is 0.333. The van der Waals surface area contributed by atoms with Gasteiger partial charge in [0.05, 0.1) is 35.2 Å². The third-order valence-electron chi connectivity index (χ3n) is 4.36. The van der Waals surface area contributed by atoms with Gasteiger partial charge in [0.25, 0.3) is 0 Å². The number of anilines is 2. The average molecular weight is 553 g/mol. The first-order chi connectivity index (χ1) is 16.6. The third-order valence-corrected chi connectivity index (χ3v) is 6.90. The van der Waals surface area contributed by atoms with Crippen molar-refractivity contribution in [2.24, 2.45) is 10.2 Å². The van der Waals surface area contributed by atoms with E-state index in [1.165, 1.54) is 24.3 Å². The average Bonchev–Trinajstić information content (AvgIpc) is 2.80. The molecule has 0 aliphatic rings. The maximum absolute atomic E-state index is 12.2. The Balaban J connectivity index is 2.00. The molecule has 0 heterocycles. The molecule has 0 aliphatic carbocycles. The minimum absolute atomic E-state index is 0.0725. The zero-order valence-electron chi connectivity index (χ0n) is 18.4. The second-order valence-corrected chi connectivity index (χ2v) is 10.3. The van der Waals surface area contributed by atoms with Crippen molar-refractivity contribution in [3.8, 4) is 0 Å². The van der Waals surface area contributed by atoms with Crippen molar-refractivity contribution in [1.29, 1.82) is 0 Å². The van der Waals surface area contributed by atoms with Gasteiger partial charge in [0, 0.05) is 18.8 Å². The minimum atomic E-state index is -4.72. The molecule has 0 aromatic heterocycles. The molecule has 194 valence electrons. The Morgan fingerprint density at radius 3 is 2.37 bits per heavy atom. The molecular weight excluding hydrogens is 528 g/mol. The molecule has 17 heteroatoms. The number of sulfone groups is 1. The highest BCUT2D eigenvalue weighted by Gasteiger charge is 2.16. The first-order valence-electron chi connectivity index (χ1n) is 9.83. The van der Waals surface area contributed by atoms with Gasteiger partial charge in [-0.25, -0.2) is 17.9 Å². The van der Waals surface area contributed by atoms with Crippen molar-refractivity contribution in [3.63, 3.8) is 0 Å². The van der Waals surface area contributed by atoms with Crippen LogP contribution in [0.15, 0.2) is 57.6 Å². The van der Waals surface area contributed by atoms with Crippen LogP contribution in [0.3, 0.4) is 0 Å². The Labute approximate surface area is 206 Å². The molecule has 0 unspecified atom stereocenters. The quantitative estimate of drug-likeness (QED) is 0.0554. The third kappa shape index (κ3) is 10.0. The summed E-state index contributed by atoms with van der Waals surface area (Å²) >= 11 is 0.496. The zero-order valence-corrected chi connectivity index (χ0v) is 20.8. The largest absolute Gasteiger partial charge is 0.397 e. The second kappa shape index (κ2) is 13.7. The Kier molecular flexibility index (Phi) is 11.3. The first kappa shape index (κ1) is 28.9. The number of hydrogen-bond donors (Lipinski definition) is 3. The maximum atomic E-state index is 12.2. The molecule has 0 radical (unpaired) electrons. The number of likely N-dealkylation sites (N-methyl/N-ethyl adjacent to an activating group) is 1. The van der Waals surface area contributed by atoms with E-state index in [0.717, 1.165) is 5.69 Å². The van der Waals surface area contributed by atoms with Crippen molar-refractivity contribution < 1.29 is 44.4 Å². The van der Waals surface area contributed by atoms with Crippen LogP contribution in [-0.2, 0) is 38.0 Å². The van der Waals surface area contributed by atoms with Crippen LogP contribution in [0.25, 0.3) is 0 Å². The standard InChI is InChI=1S/C18H24N4O10S3/c1-2-22(9-10-29-33-32-31-23)15-5-8-18(17(19)13-15)21-20-14-3-6-16(7-4-14)34(24,25)12-11-30-35(26,27)28/h3-8,13,23H,2,9-12,19H2,1H3,(H,26,27,28). The van der Waals surface area contributed by atoms with Gasteiger partial charge in [0.2, 0.25) is 0 Å². The molecule has 14 nitrogen and oxygen atoms in total. The zero-order chi connectivity index (χ0) is 25.9. The van der Waals surface area contributed by atoms with E-state index in [0.29, 0.717) is 42.5 Å². The topological polar surface area (TPSA) is 200 Å². The number of hydrogen-bond acceptors (Lipinski definition) is 14. The van der Waals surface area contributed by atoms with E-state index in [9.17, 15) is 16.8 Å². The van der Waals surface area contributed by atoms with Crippen molar-refractivity contribution in [1.82, 2.24) is 0 Å². The molecule has 35 heavy (non-hydrogen) atoms. The van der Waals surface area contributed by atoms with Crippen molar-refractivity contribution in [2.45, 2.75) is 11.8 Å². The number of nitrogen functional groups attached to an aromatic ring is 1. The lowest BCUT2D eigenvalue weighted by Crippen LogP contribution is -2.26. The van der Waals surface area contributed by atoms with Gasteiger partial charge in [-0.1, -0.05) is 5.04 Å². The number of azo groups is 1. The minimum Gasteiger partial charge on any atom is -0.397 e. The molecule has 0 saturated carbocycles. The molecule has 0 saturated heterocycles. The Bertz CT molecular complexity index is 1190. The van der Waals surface area contributed by atoms with Crippen LogP contribution in [0.4, 0.5) is 22.7 Å². The summed E-state index contributed by atoms with van der Waals surface area (Å²) in [5.74, 6) is -0.638. The van der Waals surface area contributed by atoms with Gasteiger partial charge in [0.1, 0.15) is 5.69 Å². The summed E-state index contributed by atoms with van der Waals surface area (Å²) in [5.41, 5.74) is 8.06. The molecule has 0 aliphatic heterocycles. The normalized spacial score (nSPS) is 12.3. The highest BCUT2D eigenvalue weighted by Crippen LogP contribution is 2.29. The Hall–Kier alpha value is -2.35. The van der Waals surface area contributed by atoms with Crippen LogP contribution in [0, 0.1) is 0 Å². The lowest BCUT2D eigenvalue weighted by molar-refractivity contribution is -0.434. The number of benzene rings is 2. The van der Waals surface area contributed by atoms with Gasteiger partial charge in [-0.2, -0.15) is 13.5 Å². The summed E-state index contributed by atoms with van der Waals surface area (Å²) in [6, 6.07) is 10.6. The molecule has 4 N–H and O–H groups in total. The molecule has 0 spiro atoms. The van der Waals surface area contributed by atoms with E-state index in [2.05, 4.69) is 23.8 Å². The Morgan fingerprint density at radius 2 is 1.77 bits per heavy atom. The molecule has 2 rings (SSSR count). The van der Waals surface area contributed by atoms with Crippen molar-refractivity contribution >= 4 is 55.3 Å². The molecule has 0 amide bonds. The van der Waals surface area contributed by atoms with E-state index in [4.69, 9.17) is 19.7 Å². The van der Waals surface area contributed by atoms with Crippen LogP contribution < -0.4 is 10.6 Å². The fourth-order valence-corrected chi connectivity index (χ4v) is 4.41. The number of nitrogens with zero attached hydrogens (tertiary/aromatic N) is 3. The van der Waals surface area contributed by atoms with Crippen LogP contribution >= 0.6 is 12.3 Å². The van der Waals surface area contributed by atoms with Crippen LogP contribution in [0.1, 0.15) is 6.92 Å². The first-order valence-corrected chi connectivity index (χ1v) is 13.5. The lowest BCUT2D eigenvalue weighted by Gasteiger charge is -2.23. The van der Waals surface area contributed by atoms with Gasteiger partial charge in [-0.15, -0.1) is 9.45 Å². The molecular formula is C18H24N4O10S3. The fourth-order valence-electron chi connectivity index (χ4n) is 2.71. The number of rotatable bonds is 15. The highest BCUT2D eigenvalue weighted by atomic mass is 32.3. The molecule has 0 atom stereocenters. The smallest absolute Gasteiger partial charge is 0.397 e.